The third kappa shape index (κ3) is 6.12. The summed E-state index contributed by atoms with van der Waals surface area (Å²) < 4.78 is 26.8. The topological polar surface area (TPSA) is 155 Å². The molecule has 0 spiro atoms. The maximum atomic E-state index is 14.7. The van der Waals surface area contributed by atoms with Crippen LogP contribution in [-0.2, 0) is 11.3 Å². The Morgan fingerprint density at radius 2 is 2.12 bits per heavy atom. The van der Waals surface area contributed by atoms with Crippen molar-refractivity contribution in [3.8, 4) is 5.88 Å². The van der Waals surface area contributed by atoms with Crippen molar-refractivity contribution in [1.29, 1.82) is 0 Å². The van der Waals surface area contributed by atoms with Crippen molar-refractivity contribution in [2.24, 2.45) is 11.5 Å². The first-order chi connectivity index (χ1) is 15.5. The van der Waals surface area contributed by atoms with Gasteiger partial charge in [-0.3, -0.25) is 9.48 Å². The largest absolute Gasteiger partial charge is 0.475 e. The molecule has 3 aromatic rings. The fourth-order valence-electron chi connectivity index (χ4n) is 2.81. The van der Waals surface area contributed by atoms with Crippen LogP contribution in [0.2, 0.25) is 0 Å². The number of ether oxygens (including phenoxy) is 2. The number of hydrogen-bond donors (Lipinski definition) is 4. The summed E-state index contributed by atoms with van der Waals surface area (Å²) in [5.41, 5.74) is 11.7. The van der Waals surface area contributed by atoms with Gasteiger partial charge in [-0.1, -0.05) is 0 Å². The van der Waals surface area contributed by atoms with Crippen LogP contribution in [0.5, 0.6) is 5.88 Å². The average Bonchev–Trinajstić information content (AvgIpc) is 3.28. The number of carbonyl (C=O) groups is 1. The monoisotopic (exact) mass is 444 g/mol. The van der Waals surface area contributed by atoms with Gasteiger partial charge in [0.05, 0.1) is 24.8 Å². The Morgan fingerprint density at radius 3 is 2.81 bits per heavy atom. The van der Waals surface area contributed by atoms with E-state index in [0.29, 0.717) is 31.3 Å². The highest BCUT2D eigenvalue weighted by Gasteiger charge is 2.19. The molecule has 1 atom stereocenters. The number of nitrogens with one attached hydrogen (secondary N) is 2. The second-order valence-corrected chi connectivity index (χ2v) is 6.73. The Bertz CT molecular complexity index is 1030. The van der Waals surface area contributed by atoms with Crippen LogP contribution in [0.4, 0.5) is 21.7 Å². The summed E-state index contributed by atoms with van der Waals surface area (Å²) in [7, 11) is 1.57. The molecule has 3 aromatic heterocycles. The van der Waals surface area contributed by atoms with E-state index in [0.717, 1.165) is 6.07 Å². The van der Waals surface area contributed by atoms with Crippen molar-refractivity contribution in [1.82, 2.24) is 19.7 Å². The molecule has 32 heavy (non-hydrogen) atoms. The molecule has 0 saturated carbocycles. The lowest BCUT2D eigenvalue weighted by atomic mass is 10.2. The Balaban J connectivity index is 1.83. The van der Waals surface area contributed by atoms with Gasteiger partial charge in [-0.25, -0.2) is 14.4 Å². The molecule has 0 aliphatic carbocycles. The number of anilines is 3. The summed E-state index contributed by atoms with van der Waals surface area (Å²) in [5.74, 6) is -1.23. The smallest absolute Gasteiger partial charge is 0.252 e. The molecule has 0 aromatic carbocycles. The van der Waals surface area contributed by atoms with E-state index in [4.69, 9.17) is 20.9 Å². The standard InChI is InChI=1S/C20H25FN8O3/c1-31-7-8-32-17-9-13(3-5-24-17)26-19-15(18(23)30)10-16(21)20(28-19)27-14(11-22)12-29-6-2-4-25-29/h2-6,9-10,14H,7-8,11-12,22H2,1H3,(H2,23,30)(H2,24,26,27,28)/t14-/m0/s1. The fraction of sp³-hybridized carbons (Fsp3) is 0.300. The maximum absolute atomic E-state index is 14.7. The van der Waals surface area contributed by atoms with Gasteiger partial charge in [-0.05, 0) is 18.2 Å². The van der Waals surface area contributed by atoms with Crippen LogP contribution in [0.15, 0.2) is 42.9 Å². The lowest BCUT2D eigenvalue weighted by molar-refractivity contribution is 0.100. The first-order valence-electron chi connectivity index (χ1n) is 9.79. The van der Waals surface area contributed by atoms with Gasteiger partial charge in [0.25, 0.3) is 5.91 Å². The van der Waals surface area contributed by atoms with E-state index in [2.05, 4.69) is 25.7 Å². The molecule has 3 heterocycles. The minimum Gasteiger partial charge on any atom is -0.475 e. The number of nitrogens with two attached hydrogens (primary N) is 2. The molecule has 6 N–H and O–H groups in total. The second kappa shape index (κ2) is 11.0. The zero-order valence-electron chi connectivity index (χ0n) is 17.5. The third-order valence-electron chi connectivity index (χ3n) is 4.37. The highest BCUT2D eigenvalue weighted by atomic mass is 19.1. The Kier molecular flexibility index (Phi) is 7.89. The molecule has 11 nitrogen and oxygen atoms in total. The van der Waals surface area contributed by atoms with Crippen molar-refractivity contribution in [3.63, 3.8) is 0 Å². The quantitative estimate of drug-likeness (QED) is 0.301. The van der Waals surface area contributed by atoms with Crippen molar-refractivity contribution < 1.29 is 18.7 Å². The van der Waals surface area contributed by atoms with Gasteiger partial charge in [-0.15, -0.1) is 0 Å². The number of nitrogens with zero attached hydrogens (tertiary/aromatic N) is 4. The highest BCUT2D eigenvalue weighted by molar-refractivity contribution is 5.98. The first-order valence-corrected chi connectivity index (χ1v) is 9.79. The zero-order valence-corrected chi connectivity index (χ0v) is 17.5. The number of rotatable bonds is 12. The molecular formula is C20H25FN8O3. The molecule has 0 saturated heterocycles. The molecule has 1 amide bonds. The summed E-state index contributed by atoms with van der Waals surface area (Å²) in [4.78, 5) is 20.2. The van der Waals surface area contributed by atoms with Crippen LogP contribution in [0.3, 0.4) is 0 Å². The molecule has 0 radical (unpaired) electrons. The van der Waals surface area contributed by atoms with Crippen molar-refractivity contribution in [2.75, 3.05) is 37.5 Å². The van der Waals surface area contributed by atoms with Gasteiger partial charge in [0.1, 0.15) is 12.4 Å². The lowest BCUT2D eigenvalue weighted by Gasteiger charge is -2.19. The highest BCUT2D eigenvalue weighted by Crippen LogP contribution is 2.25. The van der Waals surface area contributed by atoms with Gasteiger partial charge in [0.2, 0.25) is 5.88 Å². The van der Waals surface area contributed by atoms with Crippen LogP contribution in [0.1, 0.15) is 10.4 Å². The van der Waals surface area contributed by atoms with Crippen LogP contribution >= 0.6 is 0 Å². The Hall–Kier alpha value is -3.77. The minimum atomic E-state index is -0.831. The minimum absolute atomic E-state index is 0.0744. The van der Waals surface area contributed by atoms with Gasteiger partial charge in [0, 0.05) is 44.0 Å². The number of amides is 1. The number of primary amides is 1. The summed E-state index contributed by atoms with van der Waals surface area (Å²) >= 11 is 0. The van der Waals surface area contributed by atoms with Crippen LogP contribution in [0.25, 0.3) is 0 Å². The van der Waals surface area contributed by atoms with Gasteiger partial charge < -0.3 is 31.6 Å². The van der Waals surface area contributed by atoms with Crippen molar-refractivity contribution in [2.45, 2.75) is 12.6 Å². The zero-order chi connectivity index (χ0) is 22.9. The molecule has 0 aliphatic heterocycles. The third-order valence-corrected chi connectivity index (χ3v) is 4.37. The lowest BCUT2D eigenvalue weighted by Crippen LogP contribution is -2.34. The fourth-order valence-corrected chi connectivity index (χ4v) is 2.81. The molecule has 12 heteroatoms. The maximum Gasteiger partial charge on any atom is 0.252 e. The number of aromatic nitrogens is 4. The van der Waals surface area contributed by atoms with Gasteiger partial charge >= 0.3 is 0 Å². The number of halogens is 1. The second-order valence-electron chi connectivity index (χ2n) is 6.73. The van der Waals surface area contributed by atoms with E-state index in [1.54, 1.807) is 42.4 Å². The molecule has 0 aliphatic rings. The number of carbonyl (C=O) groups excluding carboxylic acids is 1. The number of pyridine rings is 2. The average molecular weight is 444 g/mol. The normalized spacial score (nSPS) is 11.7. The van der Waals surface area contributed by atoms with E-state index < -0.39 is 11.7 Å². The van der Waals surface area contributed by atoms with Gasteiger partial charge in [0.15, 0.2) is 11.6 Å². The molecule has 3 rings (SSSR count). The summed E-state index contributed by atoms with van der Waals surface area (Å²) in [6.45, 7) is 1.32. The van der Waals surface area contributed by atoms with E-state index in [1.165, 1.54) is 6.20 Å². The predicted molar refractivity (Wildman–Crippen MR) is 116 cm³/mol. The molecule has 0 fully saturated rings. The molecular weight excluding hydrogens is 419 g/mol. The van der Waals surface area contributed by atoms with Gasteiger partial charge in [-0.2, -0.15) is 5.10 Å². The predicted octanol–water partition coefficient (Wildman–Crippen LogP) is 1.12. The Labute approximate surface area is 183 Å². The van der Waals surface area contributed by atoms with E-state index in [9.17, 15) is 9.18 Å². The first kappa shape index (κ1) is 22.9. The summed E-state index contributed by atoms with van der Waals surface area (Å²) in [6.07, 6.45) is 4.93. The molecule has 0 unspecified atom stereocenters. The SMILES string of the molecule is COCCOc1cc(Nc2nc(N[C@@H](CN)Cn3cccn3)c(F)cc2C(N)=O)ccn1. The van der Waals surface area contributed by atoms with Crippen molar-refractivity contribution >= 4 is 23.2 Å². The van der Waals surface area contributed by atoms with Crippen LogP contribution in [-0.4, -0.2) is 58.6 Å². The van der Waals surface area contributed by atoms with E-state index in [-0.39, 0.29) is 29.8 Å². The van der Waals surface area contributed by atoms with Crippen LogP contribution < -0.4 is 26.8 Å². The number of methoxy groups -OCH3 is 1. The summed E-state index contributed by atoms with van der Waals surface area (Å²) in [6, 6.07) is 5.70. The number of hydrogen-bond acceptors (Lipinski definition) is 9. The molecule has 170 valence electrons. The van der Waals surface area contributed by atoms with E-state index in [1.807, 2.05) is 0 Å². The summed E-state index contributed by atoms with van der Waals surface area (Å²) in [5, 5.41) is 10.1. The Morgan fingerprint density at radius 1 is 1.28 bits per heavy atom. The van der Waals surface area contributed by atoms with Crippen LogP contribution in [0, 0.1) is 5.82 Å². The van der Waals surface area contributed by atoms with Crippen molar-refractivity contribution in [3.05, 3.63) is 54.2 Å². The van der Waals surface area contributed by atoms with E-state index >= 15 is 0 Å². The molecule has 0 bridgehead atoms.